The van der Waals surface area contributed by atoms with E-state index in [1.54, 1.807) is 38.7 Å². The van der Waals surface area contributed by atoms with Crippen LogP contribution in [0.2, 0.25) is 0 Å². The number of carbonyl (C=O) groups excluding carboxylic acids is 1. The number of nitrogens with zero attached hydrogens (tertiary/aromatic N) is 4. The minimum atomic E-state index is -0.604. The standard InChI is InChI=1S/C12H18N4O2/c1-9-8-15(5)14-10(9)16(7-6-13)11(17)18-12(2,3)4/h8H,7H2,1-5H3. The summed E-state index contributed by atoms with van der Waals surface area (Å²) in [6.45, 7) is 7.08. The van der Waals surface area contributed by atoms with Crippen LogP contribution in [0.5, 0.6) is 0 Å². The number of ether oxygens (including phenoxy) is 1. The molecule has 6 nitrogen and oxygen atoms in total. The summed E-state index contributed by atoms with van der Waals surface area (Å²) in [5, 5.41) is 13.0. The van der Waals surface area contributed by atoms with E-state index in [1.807, 2.05) is 13.0 Å². The Labute approximate surface area is 107 Å². The second-order valence-electron chi connectivity index (χ2n) is 5.03. The third kappa shape index (κ3) is 3.48. The smallest absolute Gasteiger partial charge is 0.417 e. The minimum absolute atomic E-state index is 0.0905. The van der Waals surface area contributed by atoms with Crippen molar-refractivity contribution in [1.29, 1.82) is 5.26 Å². The lowest BCUT2D eigenvalue weighted by Crippen LogP contribution is -2.37. The highest BCUT2D eigenvalue weighted by atomic mass is 16.6. The maximum Gasteiger partial charge on any atom is 0.417 e. The van der Waals surface area contributed by atoms with E-state index in [0.29, 0.717) is 5.82 Å². The average Bonchev–Trinajstić information content (AvgIpc) is 2.51. The van der Waals surface area contributed by atoms with Gasteiger partial charge in [0.25, 0.3) is 0 Å². The van der Waals surface area contributed by atoms with Crippen LogP contribution in [-0.4, -0.2) is 28.0 Å². The van der Waals surface area contributed by atoms with Gasteiger partial charge in [-0.05, 0) is 27.7 Å². The van der Waals surface area contributed by atoms with Crippen LogP contribution in [0.1, 0.15) is 26.3 Å². The third-order valence-corrected chi connectivity index (χ3v) is 2.08. The number of aromatic nitrogens is 2. The number of anilines is 1. The largest absolute Gasteiger partial charge is 0.443 e. The van der Waals surface area contributed by atoms with Crippen LogP contribution < -0.4 is 4.90 Å². The van der Waals surface area contributed by atoms with E-state index in [0.717, 1.165) is 5.56 Å². The number of hydrogen-bond acceptors (Lipinski definition) is 4. The van der Waals surface area contributed by atoms with E-state index in [9.17, 15) is 4.79 Å². The molecule has 0 aliphatic carbocycles. The lowest BCUT2D eigenvalue weighted by molar-refractivity contribution is 0.0583. The van der Waals surface area contributed by atoms with Crippen molar-refractivity contribution in [3.05, 3.63) is 11.8 Å². The molecule has 0 saturated heterocycles. The fourth-order valence-electron chi connectivity index (χ4n) is 1.48. The fraction of sp³-hybridized carbons (Fsp3) is 0.583. The molecule has 18 heavy (non-hydrogen) atoms. The van der Waals surface area contributed by atoms with E-state index in [4.69, 9.17) is 10.00 Å². The Morgan fingerprint density at radius 2 is 2.22 bits per heavy atom. The first-order chi connectivity index (χ1) is 8.24. The van der Waals surface area contributed by atoms with Crippen molar-refractivity contribution in [3.63, 3.8) is 0 Å². The second-order valence-corrected chi connectivity index (χ2v) is 5.03. The number of hydrogen-bond donors (Lipinski definition) is 0. The van der Waals surface area contributed by atoms with Crippen molar-refractivity contribution in [2.45, 2.75) is 33.3 Å². The fourth-order valence-corrected chi connectivity index (χ4v) is 1.48. The molecular formula is C12H18N4O2. The Morgan fingerprint density at radius 3 is 2.61 bits per heavy atom. The van der Waals surface area contributed by atoms with Crippen molar-refractivity contribution >= 4 is 11.9 Å². The molecule has 1 aromatic rings. The molecule has 1 amide bonds. The molecule has 0 aromatic carbocycles. The maximum absolute atomic E-state index is 12.0. The topological polar surface area (TPSA) is 71.2 Å². The van der Waals surface area contributed by atoms with Gasteiger partial charge in [-0.25, -0.2) is 9.69 Å². The van der Waals surface area contributed by atoms with Crippen LogP contribution in [0.4, 0.5) is 10.6 Å². The molecule has 0 spiro atoms. The number of carbonyl (C=O) groups is 1. The highest BCUT2D eigenvalue weighted by Gasteiger charge is 2.26. The van der Waals surface area contributed by atoms with E-state index >= 15 is 0 Å². The van der Waals surface area contributed by atoms with Crippen LogP contribution in [0, 0.1) is 18.3 Å². The van der Waals surface area contributed by atoms with Crippen LogP contribution in [0.25, 0.3) is 0 Å². The van der Waals surface area contributed by atoms with Gasteiger partial charge in [0.15, 0.2) is 5.82 Å². The van der Waals surface area contributed by atoms with E-state index in [2.05, 4.69) is 5.10 Å². The van der Waals surface area contributed by atoms with Gasteiger partial charge < -0.3 is 4.74 Å². The monoisotopic (exact) mass is 250 g/mol. The van der Waals surface area contributed by atoms with E-state index < -0.39 is 11.7 Å². The van der Waals surface area contributed by atoms with Gasteiger partial charge >= 0.3 is 6.09 Å². The molecule has 0 fully saturated rings. The van der Waals surface area contributed by atoms with Crippen molar-refractivity contribution in [2.24, 2.45) is 7.05 Å². The van der Waals surface area contributed by atoms with Gasteiger partial charge in [-0.15, -0.1) is 0 Å². The lowest BCUT2D eigenvalue weighted by Gasteiger charge is -2.24. The molecule has 0 saturated carbocycles. The summed E-state index contributed by atoms with van der Waals surface area (Å²) in [6, 6.07) is 1.95. The van der Waals surface area contributed by atoms with Crippen LogP contribution in [0.15, 0.2) is 6.20 Å². The van der Waals surface area contributed by atoms with E-state index in [1.165, 1.54) is 4.90 Å². The summed E-state index contributed by atoms with van der Waals surface area (Å²) in [5.74, 6) is 0.452. The van der Waals surface area contributed by atoms with Crippen LogP contribution in [-0.2, 0) is 11.8 Å². The van der Waals surface area contributed by atoms with Crippen molar-refractivity contribution in [1.82, 2.24) is 9.78 Å². The average molecular weight is 250 g/mol. The SMILES string of the molecule is Cc1cn(C)nc1N(CC#N)C(=O)OC(C)(C)C. The van der Waals surface area contributed by atoms with Crippen LogP contribution >= 0.6 is 0 Å². The Hall–Kier alpha value is -2.03. The van der Waals surface area contributed by atoms with Gasteiger partial charge in [-0.3, -0.25) is 4.68 Å². The van der Waals surface area contributed by atoms with Gasteiger partial charge in [-0.2, -0.15) is 10.4 Å². The summed E-state index contributed by atoms with van der Waals surface area (Å²) in [5.41, 5.74) is 0.214. The first kappa shape index (κ1) is 14.0. The zero-order valence-corrected chi connectivity index (χ0v) is 11.4. The third-order valence-electron chi connectivity index (χ3n) is 2.08. The van der Waals surface area contributed by atoms with Crippen molar-refractivity contribution in [3.8, 4) is 6.07 Å². The van der Waals surface area contributed by atoms with Gasteiger partial charge in [0.1, 0.15) is 12.1 Å². The molecule has 0 radical (unpaired) electrons. The lowest BCUT2D eigenvalue weighted by atomic mass is 10.2. The van der Waals surface area contributed by atoms with Gasteiger partial charge in [-0.1, -0.05) is 0 Å². The predicted octanol–water partition coefficient (Wildman–Crippen LogP) is 1.99. The molecular weight excluding hydrogens is 232 g/mol. The normalized spacial score (nSPS) is 10.9. The quantitative estimate of drug-likeness (QED) is 0.752. The van der Waals surface area contributed by atoms with Gasteiger partial charge in [0, 0.05) is 18.8 Å². The molecule has 0 N–H and O–H groups in total. The first-order valence-corrected chi connectivity index (χ1v) is 5.62. The summed E-state index contributed by atoms with van der Waals surface area (Å²) in [7, 11) is 1.76. The van der Waals surface area contributed by atoms with E-state index in [-0.39, 0.29) is 6.54 Å². The molecule has 1 rings (SSSR count). The van der Waals surface area contributed by atoms with Crippen molar-refractivity contribution < 1.29 is 9.53 Å². The number of rotatable bonds is 2. The summed E-state index contributed by atoms with van der Waals surface area (Å²) >= 11 is 0. The summed E-state index contributed by atoms with van der Waals surface area (Å²) in [4.78, 5) is 13.3. The molecule has 98 valence electrons. The molecule has 0 aliphatic heterocycles. The molecule has 0 aliphatic rings. The summed E-state index contributed by atoms with van der Waals surface area (Å²) < 4.78 is 6.85. The number of nitriles is 1. The van der Waals surface area contributed by atoms with Gasteiger partial charge in [0.2, 0.25) is 0 Å². The number of aryl methyl sites for hydroxylation is 2. The zero-order chi connectivity index (χ0) is 13.9. The molecule has 0 bridgehead atoms. The molecule has 1 heterocycles. The zero-order valence-electron chi connectivity index (χ0n) is 11.4. The first-order valence-electron chi connectivity index (χ1n) is 5.62. The Balaban J connectivity index is 3.00. The second kappa shape index (κ2) is 5.08. The minimum Gasteiger partial charge on any atom is -0.443 e. The van der Waals surface area contributed by atoms with Crippen molar-refractivity contribution in [2.75, 3.05) is 11.4 Å². The predicted molar refractivity (Wildman–Crippen MR) is 67.1 cm³/mol. The Bertz CT molecular complexity index is 479. The highest BCUT2D eigenvalue weighted by molar-refractivity contribution is 5.87. The highest BCUT2D eigenvalue weighted by Crippen LogP contribution is 2.19. The maximum atomic E-state index is 12.0. The van der Waals surface area contributed by atoms with Crippen LogP contribution in [0.3, 0.4) is 0 Å². The molecule has 0 unspecified atom stereocenters. The summed E-state index contributed by atoms with van der Waals surface area (Å²) in [6.07, 6.45) is 1.22. The van der Waals surface area contributed by atoms with Gasteiger partial charge in [0.05, 0.1) is 6.07 Å². The Kier molecular flexibility index (Phi) is 3.96. The molecule has 1 aromatic heterocycles. The Morgan fingerprint density at radius 1 is 1.61 bits per heavy atom. The number of amides is 1. The molecule has 6 heteroatoms. The molecule has 0 atom stereocenters.